The zero-order chi connectivity index (χ0) is 10.4. The molecular formula is C11H16ClNO. The lowest BCUT2D eigenvalue weighted by molar-refractivity contribution is 0.0591. The van der Waals surface area contributed by atoms with Crippen molar-refractivity contribution in [3.05, 3.63) is 34.9 Å². The maximum atomic E-state index is 5.79. The van der Waals surface area contributed by atoms with E-state index in [0.717, 1.165) is 23.6 Å². The van der Waals surface area contributed by atoms with Gasteiger partial charge in [0.05, 0.1) is 6.10 Å². The number of hydrogen-bond donors (Lipinski definition) is 1. The maximum absolute atomic E-state index is 5.79. The predicted molar refractivity (Wildman–Crippen MR) is 59.5 cm³/mol. The summed E-state index contributed by atoms with van der Waals surface area (Å²) in [6.07, 6.45) is 0.997. The van der Waals surface area contributed by atoms with Gasteiger partial charge in [-0.3, -0.25) is 0 Å². The molecule has 1 rings (SSSR count). The highest BCUT2D eigenvalue weighted by Gasteiger charge is 2.08. The standard InChI is InChI=1S/C11H16ClNO/c1-2-7-14-11(8-13)9-3-5-10(12)6-4-9/h3-6,11H,2,7-8,13H2,1H3. The lowest BCUT2D eigenvalue weighted by Gasteiger charge is -2.15. The molecular weight excluding hydrogens is 198 g/mol. The van der Waals surface area contributed by atoms with Crippen LogP contribution in [0.25, 0.3) is 0 Å². The summed E-state index contributed by atoms with van der Waals surface area (Å²) in [5.74, 6) is 0. The largest absolute Gasteiger partial charge is 0.372 e. The average molecular weight is 214 g/mol. The summed E-state index contributed by atoms with van der Waals surface area (Å²) in [5.41, 5.74) is 6.71. The second-order valence-corrected chi connectivity index (χ2v) is 3.58. The first-order chi connectivity index (χ1) is 6.77. The molecule has 0 saturated carbocycles. The molecule has 2 N–H and O–H groups in total. The topological polar surface area (TPSA) is 35.2 Å². The molecule has 0 spiro atoms. The van der Waals surface area contributed by atoms with Crippen LogP contribution in [0.2, 0.25) is 5.02 Å². The van der Waals surface area contributed by atoms with Gasteiger partial charge in [-0.1, -0.05) is 30.7 Å². The minimum atomic E-state index is -0.00721. The molecule has 1 atom stereocenters. The molecule has 0 saturated heterocycles. The van der Waals surface area contributed by atoms with Crippen LogP contribution in [0.1, 0.15) is 25.0 Å². The molecule has 0 aromatic heterocycles. The van der Waals surface area contributed by atoms with Gasteiger partial charge >= 0.3 is 0 Å². The van der Waals surface area contributed by atoms with Crippen LogP contribution in [-0.2, 0) is 4.74 Å². The highest BCUT2D eigenvalue weighted by Crippen LogP contribution is 2.18. The fourth-order valence-corrected chi connectivity index (χ4v) is 1.36. The zero-order valence-corrected chi connectivity index (χ0v) is 9.13. The minimum absolute atomic E-state index is 0.00721. The molecule has 1 unspecified atom stereocenters. The average Bonchev–Trinajstić information content (AvgIpc) is 2.21. The van der Waals surface area contributed by atoms with Gasteiger partial charge in [-0.05, 0) is 24.1 Å². The van der Waals surface area contributed by atoms with E-state index < -0.39 is 0 Å². The van der Waals surface area contributed by atoms with Gasteiger partial charge < -0.3 is 10.5 Å². The molecule has 0 aliphatic carbocycles. The van der Waals surface area contributed by atoms with E-state index in [1.54, 1.807) is 0 Å². The van der Waals surface area contributed by atoms with Crippen molar-refractivity contribution in [3.8, 4) is 0 Å². The van der Waals surface area contributed by atoms with E-state index in [0.29, 0.717) is 6.54 Å². The van der Waals surface area contributed by atoms with Crippen LogP contribution in [-0.4, -0.2) is 13.2 Å². The zero-order valence-electron chi connectivity index (χ0n) is 8.37. The molecule has 0 aliphatic heterocycles. The molecule has 3 heteroatoms. The quantitative estimate of drug-likeness (QED) is 0.817. The Kier molecular flexibility index (Phi) is 4.94. The van der Waals surface area contributed by atoms with E-state index in [1.807, 2.05) is 24.3 Å². The summed E-state index contributed by atoms with van der Waals surface area (Å²) < 4.78 is 5.60. The predicted octanol–water partition coefficient (Wildman–Crippen LogP) is 2.77. The molecule has 0 radical (unpaired) electrons. The van der Waals surface area contributed by atoms with Crippen molar-refractivity contribution >= 4 is 11.6 Å². The Morgan fingerprint density at radius 3 is 2.50 bits per heavy atom. The second kappa shape index (κ2) is 6.02. The third-order valence-electron chi connectivity index (χ3n) is 1.98. The van der Waals surface area contributed by atoms with Gasteiger partial charge in [-0.25, -0.2) is 0 Å². The van der Waals surface area contributed by atoms with Crippen LogP contribution in [0.15, 0.2) is 24.3 Å². The highest BCUT2D eigenvalue weighted by molar-refractivity contribution is 6.30. The number of ether oxygens (including phenoxy) is 1. The molecule has 14 heavy (non-hydrogen) atoms. The summed E-state index contributed by atoms with van der Waals surface area (Å²) in [6.45, 7) is 3.32. The monoisotopic (exact) mass is 213 g/mol. The van der Waals surface area contributed by atoms with Crippen molar-refractivity contribution < 1.29 is 4.74 Å². The van der Waals surface area contributed by atoms with Crippen molar-refractivity contribution in [2.75, 3.05) is 13.2 Å². The SMILES string of the molecule is CCCOC(CN)c1ccc(Cl)cc1. The Morgan fingerprint density at radius 1 is 1.36 bits per heavy atom. The maximum Gasteiger partial charge on any atom is 0.0947 e. The molecule has 0 aliphatic rings. The van der Waals surface area contributed by atoms with Gasteiger partial charge in [0.15, 0.2) is 0 Å². The van der Waals surface area contributed by atoms with Gasteiger partial charge in [0, 0.05) is 18.2 Å². The van der Waals surface area contributed by atoms with E-state index in [-0.39, 0.29) is 6.10 Å². The Hall–Kier alpha value is -0.570. The van der Waals surface area contributed by atoms with E-state index in [2.05, 4.69) is 6.92 Å². The van der Waals surface area contributed by atoms with Crippen LogP contribution in [0.4, 0.5) is 0 Å². The third kappa shape index (κ3) is 3.29. The Bertz CT molecular complexity index is 260. The molecule has 0 heterocycles. The number of benzene rings is 1. The lowest BCUT2D eigenvalue weighted by Crippen LogP contribution is -2.16. The number of nitrogens with two attached hydrogens (primary N) is 1. The van der Waals surface area contributed by atoms with E-state index in [4.69, 9.17) is 22.1 Å². The van der Waals surface area contributed by atoms with Gasteiger partial charge in [0.25, 0.3) is 0 Å². The first-order valence-corrected chi connectivity index (χ1v) is 5.22. The summed E-state index contributed by atoms with van der Waals surface area (Å²) in [6, 6.07) is 7.62. The third-order valence-corrected chi connectivity index (χ3v) is 2.23. The normalized spacial score (nSPS) is 12.8. The first kappa shape index (κ1) is 11.5. The summed E-state index contributed by atoms with van der Waals surface area (Å²) in [4.78, 5) is 0. The van der Waals surface area contributed by atoms with Crippen LogP contribution in [0.5, 0.6) is 0 Å². The Balaban J connectivity index is 2.64. The van der Waals surface area contributed by atoms with Crippen molar-refractivity contribution in [1.29, 1.82) is 0 Å². The lowest BCUT2D eigenvalue weighted by atomic mass is 10.1. The number of halogens is 1. The second-order valence-electron chi connectivity index (χ2n) is 3.15. The van der Waals surface area contributed by atoms with E-state index in [9.17, 15) is 0 Å². The summed E-state index contributed by atoms with van der Waals surface area (Å²) in [7, 11) is 0. The number of hydrogen-bond acceptors (Lipinski definition) is 2. The molecule has 78 valence electrons. The molecule has 0 bridgehead atoms. The van der Waals surface area contributed by atoms with Crippen molar-refractivity contribution in [3.63, 3.8) is 0 Å². The highest BCUT2D eigenvalue weighted by atomic mass is 35.5. The molecule has 0 amide bonds. The van der Waals surface area contributed by atoms with Crippen molar-refractivity contribution in [2.45, 2.75) is 19.4 Å². The van der Waals surface area contributed by atoms with Gasteiger partial charge in [-0.2, -0.15) is 0 Å². The minimum Gasteiger partial charge on any atom is -0.372 e. The summed E-state index contributed by atoms with van der Waals surface area (Å²) in [5, 5.41) is 0.736. The van der Waals surface area contributed by atoms with Gasteiger partial charge in [0.2, 0.25) is 0 Å². The van der Waals surface area contributed by atoms with E-state index in [1.165, 1.54) is 0 Å². The molecule has 0 fully saturated rings. The Labute approximate surface area is 90.0 Å². The fraction of sp³-hybridized carbons (Fsp3) is 0.455. The van der Waals surface area contributed by atoms with Crippen molar-refractivity contribution in [2.24, 2.45) is 5.73 Å². The van der Waals surface area contributed by atoms with E-state index >= 15 is 0 Å². The van der Waals surface area contributed by atoms with Crippen LogP contribution >= 0.6 is 11.6 Å². The fourth-order valence-electron chi connectivity index (χ4n) is 1.24. The molecule has 1 aromatic carbocycles. The molecule has 1 aromatic rings. The number of rotatable bonds is 5. The first-order valence-electron chi connectivity index (χ1n) is 4.85. The van der Waals surface area contributed by atoms with Gasteiger partial charge in [0.1, 0.15) is 0 Å². The smallest absolute Gasteiger partial charge is 0.0947 e. The Morgan fingerprint density at radius 2 is 2.00 bits per heavy atom. The molecule has 2 nitrogen and oxygen atoms in total. The van der Waals surface area contributed by atoms with Crippen LogP contribution < -0.4 is 5.73 Å². The van der Waals surface area contributed by atoms with Crippen LogP contribution in [0.3, 0.4) is 0 Å². The van der Waals surface area contributed by atoms with Gasteiger partial charge in [-0.15, -0.1) is 0 Å². The summed E-state index contributed by atoms with van der Waals surface area (Å²) >= 11 is 5.79. The van der Waals surface area contributed by atoms with Crippen molar-refractivity contribution in [1.82, 2.24) is 0 Å². The van der Waals surface area contributed by atoms with Crippen LogP contribution in [0, 0.1) is 0 Å².